The van der Waals surface area contributed by atoms with Crippen LogP contribution in [0.15, 0.2) is 12.5 Å². The number of imidazole rings is 1. The van der Waals surface area contributed by atoms with E-state index in [9.17, 15) is 0 Å². The molecule has 0 aliphatic rings. The van der Waals surface area contributed by atoms with Crippen molar-refractivity contribution >= 4 is 0 Å². The molecule has 0 saturated heterocycles. The molecular weight excluding hydrogens is 250 g/mol. The van der Waals surface area contributed by atoms with Crippen LogP contribution in [0.3, 0.4) is 0 Å². The molecule has 1 aromatic rings. The first-order chi connectivity index (χ1) is 8.55. The van der Waals surface area contributed by atoms with E-state index in [2.05, 4.69) is 58.0 Å². The third kappa shape index (κ3) is 8.33. The minimum Gasteiger partial charge on any atom is -0.374 e. The molecule has 0 bridgehead atoms. The topological polar surface area (TPSA) is 39.1 Å². The summed E-state index contributed by atoms with van der Waals surface area (Å²) in [5.74, 6) is 0. The SMILES string of the molecule is C.Cn1cnc(CC(COC(C)(C)C)NC(C)(C)C)c1. The Labute approximate surface area is 124 Å². The van der Waals surface area contributed by atoms with E-state index in [4.69, 9.17) is 4.74 Å². The lowest BCUT2D eigenvalue weighted by Gasteiger charge is -2.30. The highest BCUT2D eigenvalue weighted by Gasteiger charge is 2.21. The fourth-order valence-electron chi connectivity index (χ4n) is 1.94. The highest BCUT2D eigenvalue weighted by Crippen LogP contribution is 2.11. The van der Waals surface area contributed by atoms with Gasteiger partial charge in [0, 0.05) is 31.2 Å². The van der Waals surface area contributed by atoms with Gasteiger partial charge in [-0.15, -0.1) is 0 Å². The monoisotopic (exact) mass is 283 g/mol. The smallest absolute Gasteiger partial charge is 0.0946 e. The normalized spacial score (nSPS) is 13.9. The minimum atomic E-state index is -0.109. The maximum atomic E-state index is 5.92. The van der Waals surface area contributed by atoms with Crippen LogP contribution in [0.2, 0.25) is 0 Å². The van der Waals surface area contributed by atoms with Crippen molar-refractivity contribution in [3.63, 3.8) is 0 Å². The first-order valence-electron chi connectivity index (χ1n) is 6.94. The lowest BCUT2D eigenvalue weighted by molar-refractivity contribution is -0.0174. The van der Waals surface area contributed by atoms with Crippen LogP contribution in [-0.2, 0) is 18.2 Å². The van der Waals surface area contributed by atoms with Crippen LogP contribution in [0.25, 0.3) is 0 Å². The molecule has 0 aliphatic carbocycles. The maximum Gasteiger partial charge on any atom is 0.0946 e. The standard InChI is InChI=1S/C15H29N3O.CH4/c1-14(2,3)17-13(10-19-15(4,5)6)8-12-9-18(7)11-16-12;/h9,11,13,17H,8,10H2,1-7H3;1H4. The summed E-state index contributed by atoms with van der Waals surface area (Å²) < 4.78 is 7.90. The molecule has 0 aromatic carbocycles. The van der Waals surface area contributed by atoms with Crippen molar-refractivity contribution in [3.8, 4) is 0 Å². The predicted molar refractivity (Wildman–Crippen MR) is 86.0 cm³/mol. The number of nitrogens with one attached hydrogen (secondary N) is 1. The first kappa shape index (κ1) is 19.1. The number of hydrogen-bond acceptors (Lipinski definition) is 3. The fourth-order valence-corrected chi connectivity index (χ4v) is 1.94. The molecule has 20 heavy (non-hydrogen) atoms. The van der Waals surface area contributed by atoms with Crippen molar-refractivity contribution in [1.82, 2.24) is 14.9 Å². The quantitative estimate of drug-likeness (QED) is 0.902. The highest BCUT2D eigenvalue weighted by atomic mass is 16.5. The van der Waals surface area contributed by atoms with E-state index in [1.54, 1.807) is 0 Å². The summed E-state index contributed by atoms with van der Waals surface area (Å²) in [6.45, 7) is 13.5. The van der Waals surface area contributed by atoms with Gasteiger partial charge in [-0.2, -0.15) is 0 Å². The summed E-state index contributed by atoms with van der Waals surface area (Å²) in [5, 5.41) is 3.61. The molecule has 0 spiro atoms. The van der Waals surface area contributed by atoms with Crippen LogP contribution in [0.4, 0.5) is 0 Å². The summed E-state index contributed by atoms with van der Waals surface area (Å²) in [6.07, 6.45) is 4.79. The van der Waals surface area contributed by atoms with Gasteiger partial charge in [-0.25, -0.2) is 4.98 Å². The van der Waals surface area contributed by atoms with E-state index in [0.29, 0.717) is 6.61 Å². The fraction of sp³-hybridized carbons (Fsp3) is 0.812. The van der Waals surface area contributed by atoms with Crippen LogP contribution in [0, 0.1) is 0 Å². The third-order valence-electron chi connectivity index (χ3n) is 2.57. The van der Waals surface area contributed by atoms with E-state index in [-0.39, 0.29) is 24.6 Å². The van der Waals surface area contributed by atoms with E-state index >= 15 is 0 Å². The summed E-state index contributed by atoms with van der Waals surface area (Å²) >= 11 is 0. The molecule has 1 N–H and O–H groups in total. The van der Waals surface area contributed by atoms with E-state index in [1.807, 2.05) is 17.9 Å². The van der Waals surface area contributed by atoms with Crippen LogP contribution in [0.1, 0.15) is 54.7 Å². The predicted octanol–water partition coefficient (Wildman–Crippen LogP) is 3.17. The number of ether oxygens (including phenoxy) is 1. The van der Waals surface area contributed by atoms with E-state index < -0.39 is 0 Å². The average molecular weight is 283 g/mol. The second-order valence-corrected chi connectivity index (χ2v) is 7.25. The Kier molecular flexibility index (Phi) is 6.91. The second-order valence-electron chi connectivity index (χ2n) is 7.25. The Morgan fingerprint density at radius 3 is 2.25 bits per heavy atom. The number of rotatable bonds is 5. The van der Waals surface area contributed by atoms with Gasteiger partial charge in [-0.1, -0.05) is 7.43 Å². The van der Waals surface area contributed by atoms with Crippen LogP contribution >= 0.6 is 0 Å². The zero-order valence-corrected chi connectivity index (χ0v) is 13.4. The molecule has 118 valence electrons. The van der Waals surface area contributed by atoms with Crippen LogP contribution in [0.5, 0.6) is 0 Å². The number of aromatic nitrogens is 2. The van der Waals surface area contributed by atoms with Crippen molar-refractivity contribution in [2.45, 2.75) is 72.6 Å². The molecule has 0 fully saturated rings. The minimum absolute atomic E-state index is 0. The van der Waals surface area contributed by atoms with E-state index in [1.165, 1.54) is 0 Å². The van der Waals surface area contributed by atoms with Gasteiger partial charge in [0.15, 0.2) is 0 Å². The van der Waals surface area contributed by atoms with Crippen LogP contribution in [-0.4, -0.2) is 33.3 Å². The number of aryl methyl sites for hydroxylation is 1. The zero-order valence-electron chi connectivity index (χ0n) is 13.4. The Morgan fingerprint density at radius 1 is 1.25 bits per heavy atom. The summed E-state index contributed by atoms with van der Waals surface area (Å²) in [7, 11) is 1.99. The van der Waals surface area contributed by atoms with Crippen LogP contribution < -0.4 is 5.32 Å². The molecule has 4 nitrogen and oxygen atoms in total. The zero-order chi connectivity index (χ0) is 14.7. The average Bonchev–Trinajstić information content (AvgIpc) is 2.57. The molecule has 1 rings (SSSR count). The molecule has 1 atom stereocenters. The molecule has 0 aliphatic heterocycles. The molecule has 4 heteroatoms. The Hall–Kier alpha value is -0.870. The van der Waals surface area contributed by atoms with Gasteiger partial charge in [0.2, 0.25) is 0 Å². The molecule has 0 saturated carbocycles. The number of hydrogen-bond donors (Lipinski definition) is 1. The highest BCUT2D eigenvalue weighted by molar-refractivity contribution is 5.00. The van der Waals surface area contributed by atoms with Crippen molar-refractivity contribution in [3.05, 3.63) is 18.2 Å². The van der Waals surface area contributed by atoms with Gasteiger partial charge in [0.25, 0.3) is 0 Å². The van der Waals surface area contributed by atoms with Crippen molar-refractivity contribution in [2.75, 3.05) is 6.61 Å². The molecule has 0 amide bonds. The summed E-state index contributed by atoms with van der Waals surface area (Å²) in [6, 6.07) is 0.272. The summed E-state index contributed by atoms with van der Waals surface area (Å²) in [5.41, 5.74) is 1.06. The summed E-state index contributed by atoms with van der Waals surface area (Å²) in [4.78, 5) is 4.40. The Morgan fingerprint density at radius 2 is 1.85 bits per heavy atom. The third-order valence-corrected chi connectivity index (χ3v) is 2.57. The van der Waals surface area contributed by atoms with E-state index in [0.717, 1.165) is 12.1 Å². The van der Waals surface area contributed by atoms with Crippen molar-refractivity contribution < 1.29 is 4.74 Å². The molecule has 0 radical (unpaired) electrons. The maximum absolute atomic E-state index is 5.92. The Balaban J connectivity index is 0.00000361. The van der Waals surface area contributed by atoms with Gasteiger partial charge < -0.3 is 14.6 Å². The number of nitrogens with zero attached hydrogens (tertiary/aromatic N) is 2. The van der Waals surface area contributed by atoms with Crippen molar-refractivity contribution in [1.29, 1.82) is 0 Å². The Bertz CT molecular complexity index is 385. The molecule has 1 unspecified atom stereocenters. The van der Waals surface area contributed by atoms with Gasteiger partial charge in [0.1, 0.15) is 0 Å². The lowest BCUT2D eigenvalue weighted by atomic mass is 10.0. The van der Waals surface area contributed by atoms with Gasteiger partial charge in [0.05, 0.1) is 24.2 Å². The molecule has 1 heterocycles. The lowest BCUT2D eigenvalue weighted by Crippen LogP contribution is -2.48. The van der Waals surface area contributed by atoms with Gasteiger partial charge in [-0.3, -0.25) is 0 Å². The van der Waals surface area contributed by atoms with Gasteiger partial charge in [-0.05, 0) is 41.5 Å². The molecule has 1 aromatic heterocycles. The largest absolute Gasteiger partial charge is 0.374 e. The van der Waals surface area contributed by atoms with Crippen molar-refractivity contribution in [2.24, 2.45) is 7.05 Å². The van der Waals surface area contributed by atoms with Gasteiger partial charge >= 0.3 is 0 Å². The molecular formula is C16H33N3O. The second kappa shape index (κ2) is 7.23. The first-order valence-corrected chi connectivity index (χ1v) is 6.94.